The van der Waals surface area contributed by atoms with Gasteiger partial charge < -0.3 is 15.5 Å². The largest absolute Gasteiger partial charge is 0.352 e. The van der Waals surface area contributed by atoms with Crippen LogP contribution in [0.4, 0.5) is 20.7 Å². The number of urea groups is 1. The first-order valence-electron chi connectivity index (χ1n) is 23.3. The number of piperazine rings is 1. The number of hydrogen-bond donors (Lipinski definition) is 4. The first kappa shape index (κ1) is 44.7. The van der Waals surface area contributed by atoms with Crippen molar-refractivity contribution in [3.05, 3.63) is 87.7 Å². The lowest BCUT2D eigenvalue weighted by atomic mass is 9.53. The summed E-state index contributed by atoms with van der Waals surface area (Å²) in [5.41, 5.74) is 0.921. The zero-order valence-corrected chi connectivity index (χ0v) is 38.8. The highest BCUT2D eigenvalue weighted by molar-refractivity contribution is 6.31. The van der Waals surface area contributed by atoms with Gasteiger partial charge in [-0.25, -0.2) is 19.2 Å². The third-order valence-corrected chi connectivity index (χ3v) is 16.0. The van der Waals surface area contributed by atoms with Crippen molar-refractivity contribution < 1.29 is 23.6 Å². The molecule has 4 N–H and O–H groups in total. The third-order valence-electron chi connectivity index (χ3n) is 15.5. The van der Waals surface area contributed by atoms with E-state index in [9.17, 15) is 19.2 Å². The predicted octanol–water partition coefficient (Wildman–Crippen LogP) is 6.25. The topological polar surface area (TPSA) is 156 Å². The molecule has 14 nitrogen and oxygen atoms in total. The first-order valence-corrected chi connectivity index (χ1v) is 24.0. The number of amides is 5. The highest BCUT2D eigenvalue weighted by Gasteiger charge is 2.73. The second-order valence-electron chi connectivity index (χ2n) is 19.9. The van der Waals surface area contributed by atoms with Crippen molar-refractivity contribution in [1.82, 2.24) is 40.1 Å². The normalized spacial score (nSPS) is 27.4. The number of rotatable bonds is 7. The smallest absolute Gasteiger partial charge is 0.329 e. The molecule has 4 aromatic rings. The van der Waals surface area contributed by atoms with E-state index in [0.717, 1.165) is 82.4 Å². The molecule has 1 aromatic carbocycles. The number of halogens is 3. The van der Waals surface area contributed by atoms with E-state index in [-0.39, 0.29) is 46.3 Å². The second kappa shape index (κ2) is 17.5. The molecule has 2 saturated carbocycles. The number of aromatic nitrogens is 3. The fraction of sp³-hybridized carbons (Fsp3) is 0.510. The van der Waals surface area contributed by atoms with Gasteiger partial charge in [-0.3, -0.25) is 39.2 Å². The summed E-state index contributed by atoms with van der Waals surface area (Å²) in [6.07, 6.45) is 11.7. The number of carbonyl (C=O) groups excluding carboxylic acids is 4. The minimum absolute atomic E-state index is 0.0434. The maximum Gasteiger partial charge on any atom is 0.329 e. The van der Waals surface area contributed by atoms with E-state index >= 15 is 4.39 Å². The van der Waals surface area contributed by atoms with Gasteiger partial charge in [-0.05, 0) is 104 Å². The van der Waals surface area contributed by atoms with Crippen LogP contribution in [0.2, 0.25) is 10.2 Å². The molecule has 3 aromatic heterocycles. The second-order valence-corrected chi connectivity index (χ2v) is 20.7. The number of pyridine rings is 2. The molecule has 3 atom stereocenters. The van der Waals surface area contributed by atoms with Crippen LogP contribution in [0, 0.1) is 29.0 Å². The van der Waals surface area contributed by atoms with Gasteiger partial charge in [0.15, 0.2) is 11.0 Å². The highest BCUT2D eigenvalue weighted by Crippen LogP contribution is 2.64. The van der Waals surface area contributed by atoms with Gasteiger partial charge in [-0.1, -0.05) is 55.0 Å². The zero-order chi connectivity index (χ0) is 46.0. The van der Waals surface area contributed by atoms with Gasteiger partial charge in [0.1, 0.15) is 16.9 Å². The van der Waals surface area contributed by atoms with Crippen molar-refractivity contribution in [1.29, 1.82) is 0 Å². The number of nitrogens with zero attached hydrogens (tertiary/aromatic N) is 6. The summed E-state index contributed by atoms with van der Waals surface area (Å²) >= 11 is 12.8. The van der Waals surface area contributed by atoms with Crippen LogP contribution in [0.5, 0.6) is 0 Å². The predicted molar refractivity (Wildman–Crippen MR) is 250 cm³/mol. The first-order chi connectivity index (χ1) is 31.7. The zero-order valence-electron chi connectivity index (χ0n) is 37.3. The van der Waals surface area contributed by atoms with Crippen molar-refractivity contribution in [2.75, 3.05) is 56.0 Å². The van der Waals surface area contributed by atoms with Crippen LogP contribution in [0.15, 0.2) is 55.0 Å². The maximum atomic E-state index is 16.4. The summed E-state index contributed by atoms with van der Waals surface area (Å²) < 4.78 is 18.2. The molecular weight excluding hydrogens is 883 g/mol. The molecular formula is C49H55Cl2FN10O4. The summed E-state index contributed by atoms with van der Waals surface area (Å²) in [5.74, 6) is 5.34. The number of nitrogens with one attached hydrogen (secondary N) is 4. The number of fused-ring (bicyclic) bond motifs is 4. The molecule has 5 amide bonds. The molecule has 0 radical (unpaired) electrons. The number of anilines is 2. The Kier molecular flexibility index (Phi) is 11.9. The molecule has 0 bridgehead atoms. The summed E-state index contributed by atoms with van der Waals surface area (Å²) in [6, 6.07) is 9.37. The van der Waals surface area contributed by atoms with Gasteiger partial charge in [0.05, 0.1) is 18.8 Å². The molecule has 6 aliphatic rings. The van der Waals surface area contributed by atoms with Crippen molar-refractivity contribution >= 4 is 64.1 Å². The Morgan fingerprint density at radius 2 is 1.68 bits per heavy atom. The molecule has 17 heteroatoms. The molecule has 10 rings (SSSR count). The monoisotopic (exact) mass is 936 g/mol. The molecule has 2 spiro atoms. The van der Waals surface area contributed by atoms with Gasteiger partial charge in [0.2, 0.25) is 17.7 Å². The Bertz CT molecular complexity index is 2660. The van der Waals surface area contributed by atoms with Crippen LogP contribution >= 0.6 is 23.2 Å². The van der Waals surface area contributed by atoms with E-state index < -0.39 is 34.8 Å². The van der Waals surface area contributed by atoms with Gasteiger partial charge in [0, 0.05) is 91.9 Å². The van der Waals surface area contributed by atoms with E-state index in [0.29, 0.717) is 54.0 Å². The Labute approximate surface area is 393 Å². The van der Waals surface area contributed by atoms with Crippen LogP contribution < -0.4 is 26.2 Å². The van der Waals surface area contributed by atoms with Crippen molar-refractivity contribution in [2.45, 2.75) is 101 Å². The lowest BCUT2D eigenvalue weighted by molar-refractivity contribution is -0.125. The maximum absolute atomic E-state index is 16.4. The van der Waals surface area contributed by atoms with Crippen molar-refractivity contribution in [3.8, 4) is 11.8 Å². The standard InChI is InChI=1S/C49H55Cl2FN10O4/c1-47(2)14-16-48(17-15-47)49(35-10-7-32(50)27-36(35)56-45(49)65)40(34-11-18-53-43(51)41(34)52)42(58-48)44(64)55-33-8-5-31(6-9-33)29-60-24-22-59(23-25-60)19-3-4-30-12-20-61-37(26-30)54-28-39(61)62-21-13-38(63)57-46(62)66/h7,10-12,18,20,26-28,31,33,40,42,58H,5-6,8-9,13-17,19,21-25,29H2,1-2H3,(H,55,64)(H,56,65)(H,57,63,66)/t31?,33?,40-,42?,49+/m0/s1. The number of carbonyl (C=O) groups is 4. The number of imide groups is 1. The molecule has 4 aliphatic heterocycles. The van der Waals surface area contributed by atoms with E-state index in [4.69, 9.17) is 23.2 Å². The van der Waals surface area contributed by atoms with E-state index in [2.05, 4.69) is 66.7 Å². The fourth-order valence-electron chi connectivity index (χ4n) is 11.9. The quantitative estimate of drug-likeness (QED) is 0.124. The van der Waals surface area contributed by atoms with Gasteiger partial charge in [0.25, 0.3) is 0 Å². The lowest BCUT2D eigenvalue weighted by Crippen LogP contribution is -2.61. The Balaban J connectivity index is 0.761. The van der Waals surface area contributed by atoms with Gasteiger partial charge in [-0.15, -0.1) is 0 Å². The Morgan fingerprint density at radius 3 is 2.44 bits per heavy atom. The molecule has 5 fully saturated rings. The van der Waals surface area contributed by atoms with Crippen LogP contribution in [0.3, 0.4) is 0 Å². The minimum Gasteiger partial charge on any atom is -0.352 e. The summed E-state index contributed by atoms with van der Waals surface area (Å²) in [5, 5.41) is 12.8. The van der Waals surface area contributed by atoms with Crippen molar-refractivity contribution in [3.63, 3.8) is 0 Å². The molecule has 7 heterocycles. The van der Waals surface area contributed by atoms with Crippen LogP contribution in [-0.4, -0.2) is 111 Å². The Hall–Kier alpha value is -5.11. The summed E-state index contributed by atoms with van der Waals surface area (Å²) in [6.45, 7) is 10.2. The van der Waals surface area contributed by atoms with Crippen molar-refractivity contribution in [2.24, 2.45) is 11.3 Å². The van der Waals surface area contributed by atoms with E-state index in [1.807, 2.05) is 28.8 Å². The number of imidazole rings is 1. The van der Waals surface area contributed by atoms with E-state index in [1.54, 1.807) is 24.4 Å². The Morgan fingerprint density at radius 1 is 0.924 bits per heavy atom. The number of hydrogen-bond acceptors (Lipinski definition) is 9. The highest BCUT2D eigenvalue weighted by atomic mass is 35.5. The SMILES string of the molecule is CC1(C)CCC2(CC1)NC(C(=O)NC1CCC(CN3CCN(CC#Cc4ccn5c(N6CCC(=O)NC6=O)cnc5c4)CC3)CC1)[C@H](c1ccnc(Cl)c1F)[C@]21C(=O)Nc2cc(Cl)ccc21. The van der Waals surface area contributed by atoms with E-state index in [1.165, 1.54) is 11.1 Å². The van der Waals surface area contributed by atoms with Gasteiger partial charge >= 0.3 is 6.03 Å². The molecule has 3 saturated heterocycles. The van der Waals surface area contributed by atoms with Crippen LogP contribution in [0.25, 0.3) is 5.65 Å². The minimum atomic E-state index is -1.31. The molecule has 1 unspecified atom stereocenters. The fourth-order valence-corrected chi connectivity index (χ4v) is 12.2. The third kappa shape index (κ3) is 8.02. The van der Waals surface area contributed by atoms with Gasteiger partial charge in [-0.2, -0.15) is 0 Å². The van der Waals surface area contributed by atoms with Crippen LogP contribution in [-0.2, 0) is 19.8 Å². The average Bonchev–Trinajstić information content (AvgIpc) is 3.94. The number of benzene rings is 1. The molecule has 346 valence electrons. The molecule has 66 heavy (non-hydrogen) atoms. The summed E-state index contributed by atoms with van der Waals surface area (Å²) in [4.78, 5) is 68.5. The molecule has 2 aliphatic carbocycles. The average molecular weight is 938 g/mol. The summed E-state index contributed by atoms with van der Waals surface area (Å²) in [7, 11) is 0. The van der Waals surface area contributed by atoms with Crippen LogP contribution in [0.1, 0.15) is 94.2 Å². The lowest BCUT2D eigenvalue weighted by Gasteiger charge is -2.50.